The molecule has 20 heavy (non-hydrogen) atoms. The molecule has 0 amide bonds. The van der Waals surface area contributed by atoms with Crippen molar-refractivity contribution in [3.8, 4) is 0 Å². The van der Waals surface area contributed by atoms with E-state index in [2.05, 4.69) is 41.0 Å². The Kier molecular flexibility index (Phi) is 4.57. The zero-order valence-electron chi connectivity index (χ0n) is 11.8. The van der Waals surface area contributed by atoms with E-state index in [9.17, 15) is 4.79 Å². The molecule has 0 atom stereocenters. The van der Waals surface area contributed by atoms with Gasteiger partial charge in [0.1, 0.15) is 5.03 Å². The molecule has 0 aliphatic carbocycles. The Morgan fingerprint density at radius 3 is 2.65 bits per heavy atom. The first-order valence-electron chi connectivity index (χ1n) is 6.35. The molecule has 2 aromatic heterocycles. The van der Waals surface area contributed by atoms with Gasteiger partial charge >= 0.3 is 0 Å². The van der Waals surface area contributed by atoms with Crippen LogP contribution in [0, 0.1) is 0 Å². The summed E-state index contributed by atoms with van der Waals surface area (Å²) in [5.41, 5.74) is 1.05. The average Bonchev–Trinajstić information content (AvgIpc) is 2.37. The number of aromatic nitrogens is 3. The SMILES string of the molecule is CC(C)(C)NCc1ccc(Sc2nccc(=O)[nH]2)nc1. The Hall–Kier alpha value is -1.66. The van der Waals surface area contributed by atoms with Crippen molar-refractivity contribution in [3.63, 3.8) is 0 Å². The molecule has 0 aliphatic heterocycles. The predicted octanol–water partition coefficient (Wildman–Crippen LogP) is 2.20. The van der Waals surface area contributed by atoms with Gasteiger partial charge in [-0.25, -0.2) is 9.97 Å². The topological polar surface area (TPSA) is 70.7 Å². The van der Waals surface area contributed by atoms with Crippen LogP contribution in [0.2, 0.25) is 0 Å². The second-order valence-corrected chi connectivity index (χ2v) is 6.46. The Labute approximate surface area is 122 Å². The van der Waals surface area contributed by atoms with Crippen molar-refractivity contribution in [1.29, 1.82) is 0 Å². The normalized spacial score (nSPS) is 11.6. The Morgan fingerprint density at radius 2 is 2.05 bits per heavy atom. The molecule has 6 heteroatoms. The molecule has 5 nitrogen and oxygen atoms in total. The molecular formula is C14H18N4OS. The summed E-state index contributed by atoms with van der Waals surface area (Å²) < 4.78 is 0. The van der Waals surface area contributed by atoms with Crippen LogP contribution in [-0.4, -0.2) is 20.5 Å². The van der Waals surface area contributed by atoms with Gasteiger partial charge in [-0.15, -0.1) is 0 Å². The van der Waals surface area contributed by atoms with Crippen LogP contribution in [0.1, 0.15) is 26.3 Å². The van der Waals surface area contributed by atoms with Crippen LogP contribution in [0.15, 0.2) is 45.6 Å². The summed E-state index contributed by atoms with van der Waals surface area (Å²) in [6, 6.07) is 5.34. The lowest BCUT2D eigenvalue weighted by molar-refractivity contribution is 0.424. The second-order valence-electron chi connectivity index (χ2n) is 5.45. The molecule has 106 valence electrons. The summed E-state index contributed by atoms with van der Waals surface area (Å²) in [5, 5.41) is 4.76. The van der Waals surface area contributed by atoms with Gasteiger partial charge < -0.3 is 10.3 Å². The molecule has 0 aliphatic rings. The predicted molar refractivity (Wildman–Crippen MR) is 79.8 cm³/mol. The fraction of sp³-hybridized carbons (Fsp3) is 0.357. The number of pyridine rings is 1. The van der Waals surface area contributed by atoms with E-state index in [1.807, 2.05) is 18.3 Å². The van der Waals surface area contributed by atoms with Crippen molar-refractivity contribution in [1.82, 2.24) is 20.3 Å². The number of rotatable bonds is 4. The van der Waals surface area contributed by atoms with Crippen LogP contribution in [0.4, 0.5) is 0 Å². The first-order valence-corrected chi connectivity index (χ1v) is 7.17. The maximum atomic E-state index is 11.2. The van der Waals surface area contributed by atoms with E-state index in [0.29, 0.717) is 5.16 Å². The first-order chi connectivity index (χ1) is 9.42. The molecule has 0 fully saturated rings. The number of hydrogen-bond donors (Lipinski definition) is 2. The van der Waals surface area contributed by atoms with Crippen molar-refractivity contribution in [3.05, 3.63) is 46.5 Å². The summed E-state index contributed by atoms with van der Waals surface area (Å²) >= 11 is 1.34. The van der Waals surface area contributed by atoms with E-state index >= 15 is 0 Å². The van der Waals surface area contributed by atoms with Crippen molar-refractivity contribution in [2.24, 2.45) is 0 Å². The van der Waals surface area contributed by atoms with E-state index in [1.165, 1.54) is 24.0 Å². The van der Waals surface area contributed by atoms with Crippen LogP contribution < -0.4 is 10.9 Å². The standard InChI is InChI=1S/C14H18N4OS/c1-14(2,3)17-9-10-4-5-12(16-8-10)20-13-15-7-6-11(19)18-13/h4-8,17H,9H2,1-3H3,(H,15,18,19). The summed E-state index contributed by atoms with van der Waals surface area (Å²) in [7, 11) is 0. The van der Waals surface area contributed by atoms with E-state index in [4.69, 9.17) is 0 Å². The van der Waals surface area contributed by atoms with E-state index in [-0.39, 0.29) is 11.1 Å². The zero-order chi connectivity index (χ0) is 14.6. The van der Waals surface area contributed by atoms with Gasteiger partial charge in [-0.3, -0.25) is 4.79 Å². The molecule has 0 saturated heterocycles. The highest BCUT2D eigenvalue weighted by atomic mass is 32.2. The van der Waals surface area contributed by atoms with Gasteiger partial charge in [0.15, 0.2) is 5.16 Å². The van der Waals surface area contributed by atoms with Gasteiger partial charge in [0.05, 0.1) is 0 Å². The highest BCUT2D eigenvalue weighted by molar-refractivity contribution is 7.99. The molecule has 0 saturated carbocycles. The van der Waals surface area contributed by atoms with Crippen molar-refractivity contribution in [2.45, 2.75) is 43.0 Å². The van der Waals surface area contributed by atoms with Crippen LogP contribution >= 0.6 is 11.8 Å². The quantitative estimate of drug-likeness (QED) is 0.845. The smallest absolute Gasteiger partial charge is 0.251 e. The maximum Gasteiger partial charge on any atom is 0.251 e. The third-order valence-corrected chi connectivity index (χ3v) is 3.32. The molecule has 2 heterocycles. The van der Waals surface area contributed by atoms with Crippen LogP contribution in [0.25, 0.3) is 0 Å². The molecule has 0 aromatic carbocycles. The number of hydrogen-bond acceptors (Lipinski definition) is 5. The van der Waals surface area contributed by atoms with Gasteiger partial charge in [0, 0.05) is 30.5 Å². The average molecular weight is 290 g/mol. The third-order valence-electron chi connectivity index (χ3n) is 2.47. The van der Waals surface area contributed by atoms with Crippen LogP contribution in [-0.2, 0) is 6.54 Å². The van der Waals surface area contributed by atoms with Gasteiger partial charge in [-0.1, -0.05) is 6.07 Å². The Bertz CT molecular complexity index is 616. The highest BCUT2D eigenvalue weighted by Gasteiger charge is 2.08. The molecule has 0 bridgehead atoms. The molecule has 0 radical (unpaired) electrons. The minimum Gasteiger partial charge on any atom is -0.308 e. The van der Waals surface area contributed by atoms with Crippen molar-refractivity contribution in [2.75, 3.05) is 0 Å². The minimum absolute atomic E-state index is 0.0842. The van der Waals surface area contributed by atoms with Gasteiger partial charge in [-0.05, 0) is 44.2 Å². The lowest BCUT2D eigenvalue weighted by Crippen LogP contribution is -2.35. The van der Waals surface area contributed by atoms with Crippen molar-refractivity contribution >= 4 is 11.8 Å². The summed E-state index contributed by atoms with van der Waals surface area (Å²) in [4.78, 5) is 22.3. The van der Waals surface area contributed by atoms with E-state index in [0.717, 1.165) is 17.1 Å². The summed E-state index contributed by atoms with van der Waals surface area (Å²) in [5.74, 6) is 0. The van der Waals surface area contributed by atoms with Gasteiger partial charge in [-0.2, -0.15) is 0 Å². The molecule has 2 aromatic rings. The summed E-state index contributed by atoms with van der Waals surface area (Å²) in [6.07, 6.45) is 3.32. The number of H-pyrrole nitrogens is 1. The molecule has 2 rings (SSSR count). The lowest BCUT2D eigenvalue weighted by atomic mass is 10.1. The highest BCUT2D eigenvalue weighted by Crippen LogP contribution is 2.21. The Morgan fingerprint density at radius 1 is 1.25 bits per heavy atom. The number of nitrogens with zero attached hydrogens (tertiary/aromatic N) is 2. The maximum absolute atomic E-state index is 11.2. The van der Waals surface area contributed by atoms with Crippen LogP contribution in [0.3, 0.4) is 0 Å². The largest absolute Gasteiger partial charge is 0.308 e. The molecule has 0 unspecified atom stereocenters. The molecule has 0 spiro atoms. The van der Waals surface area contributed by atoms with E-state index < -0.39 is 0 Å². The lowest BCUT2D eigenvalue weighted by Gasteiger charge is -2.20. The van der Waals surface area contributed by atoms with Crippen LogP contribution in [0.5, 0.6) is 0 Å². The first kappa shape index (κ1) is 14.7. The molecular weight excluding hydrogens is 272 g/mol. The van der Waals surface area contributed by atoms with E-state index in [1.54, 1.807) is 0 Å². The summed E-state index contributed by atoms with van der Waals surface area (Å²) in [6.45, 7) is 7.16. The van der Waals surface area contributed by atoms with Crippen molar-refractivity contribution < 1.29 is 0 Å². The fourth-order valence-corrected chi connectivity index (χ4v) is 2.15. The number of aromatic amines is 1. The Balaban J connectivity index is 2.00. The monoisotopic (exact) mass is 290 g/mol. The minimum atomic E-state index is -0.159. The third kappa shape index (κ3) is 4.79. The number of nitrogens with one attached hydrogen (secondary N) is 2. The molecule has 2 N–H and O–H groups in total. The van der Waals surface area contributed by atoms with Gasteiger partial charge in [0.25, 0.3) is 5.56 Å². The van der Waals surface area contributed by atoms with Gasteiger partial charge in [0.2, 0.25) is 0 Å². The second kappa shape index (κ2) is 6.19. The fourth-order valence-electron chi connectivity index (χ4n) is 1.45. The zero-order valence-corrected chi connectivity index (χ0v) is 12.6.